The van der Waals surface area contributed by atoms with E-state index >= 15 is 0 Å². The number of hydrogen-bond acceptors (Lipinski definition) is 6. The van der Waals surface area contributed by atoms with E-state index in [4.69, 9.17) is 0 Å². The fraction of sp³-hybridized carbons (Fsp3) is 0.409. The number of amides is 1. The first-order valence-electron chi connectivity index (χ1n) is 10.3. The van der Waals surface area contributed by atoms with Gasteiger partial charge < -0.3 is 9.80 Å². The van der Waals surface area contributed by atoms with Crippen molar-refractivity contribution < 1.29 is 4.79 Å². The Labute approximate surface area is 185 Å². The number of carbonyl (C=O) groups is 1. The van der Waals surface area contributed by atoms with Crippen molar-refractivity contribution in [2.75, 3.05) is 30.8 Å². The topological polar surface area (TPSA) is 54.3 Å². The summed E-state index contributed by atoms with van der Waals surface area (Å²) in [5, 5.41) is 13.9. The number of aryl methyl sites for hydroxylation is 1. The van der Waals surface area contributed by atoms with Crippen molar-refractivity contribution in [3.8, 4) is 5.69 Å². The Kier molecular flexibility index (Phi) is 6.74. The first-order valence-corrected chi connectivity index (χ1v) is 12.2. The molecule has 0 unspecified atom stereocenters. The predicted molar refractivity (Wildman–Crippen MR) is 124 cm³/mol. The number of nitrogens with zero attached hydrogens (tertiary/aromatic N) is 5. The molecule has 1 amide bonds. The van der Waals surface area contributed by atoms with Crippen LogP contribution in [-0.2, 0) is 11.3 Å². The van der Waals surface area contributed by atoms with Gasteiger partial charge in [0.1, 0.15) is 0 Å². The number of anilines is 1. The normalized spacial score (nSPS) is 14.1. The van der Waals surface area contributed by atoms with E-state index in [-0.39, 0.29) is 5.91 Å². The molecule has 158 valence electrons. The quantitative estimate of drug-likeness (QED) is 0.510. The van der Waals surface area contributed by atoms with Gasteiger partial charge in [0.2, 0.25) is 11.9 Å². The molecule has 1 fully saturated rings. The molecule has 30 heavy (non-hydrogen) atoms. The smallest absolute Gasteiger partial charge is 0.233 e. The molecule has 1 aromatic carbocycles. The number of aromatic nitrogens is 3. The van der Waals surface area contributed by atoms with Crippen LogP contribution in [0.3, 0.4) is 0 Å². The van der Waals surface area contributed by atoms with E-state index in [9.17, 15) is 4.79 Å². The summed E-state index contributed by atoms with van der Waals surface area (Å²) in [6.45, 7) is 4.71. The zero-order valence-corrected chi connectivity index (χ0v) is 19.1. The van der Waals surface area contributed by atoms with E-state index in [0.717, 1.165) is 35.4 Å². The molecule has 0 radical (unpaired) electrons. The van der Waals surface area contributed by atoms with Crippen LogP contribution < -0.4 is 4.90 Å². The van der Waals surface area contributed by atoms with Crippen molar-refractivity contribution in [3.63, 3.8) is 0 Å². The molecule has 1 aliphatic heterocycles. The summed E-state index contributed by atoms with van der Waals surface area (Å²) >= 11 is 3.10. The fourth-order valence-electron chi connectivity index (χ4n) is 3.56. The van der Waals surface area contributed by atoms with Crippen molar-refractivity contribution in [1.29, 1.82) is 0 Å². The average Bonchev–Trinajstić information content (AvgIpc) is 3.43. The molecule has 0 atom stereocenters. The molecule has 0 saturated carbocycles. The molecular formula is C22H27N5OS2. The Morgan fingerprint density at radius 1 is 1.13 bits per heavy atom. The number of thiophene rings is 1. The predicted octanol–water partition coefficient (Wildman–Crippen LogP) is 4.38. The molecule has 0 N–H and O–H groups in total. The molecule has 4 rings (SSSR count). The Morgan fingerprint density at radius 2 is 1.90 bits per heavy atom. The van der Waals surface area contributed by atoms with Gasteiger partial charge >= 0.3 is 0 Å². The fourth-order valence-corrected chi connectivity index (χ4v) is 5.10. The molecule has 0 aliphatic carbocycles. The summed E-state index contributed by atoms with van der Waals surface area (Å²) in [6, 6.07) is 10.5. The Morgan fingerprint density at radius 3 is 2.60 bits per heavy atom. The Hall–Kier alpha value is -2.32. The van der Waals surface area contributed by atoms with Crippen molar-refractivity contribution in [2.45, 2.75) is 37.9 Å². The zero-order chi connectivity index (χ0) is 20.9. The van der Waals surface area contributed by atoms with E-state index in [1.807, 2.05) is 12.4 Å². The Balaban J connectivity index is 1.52. The summed E-state index contributed by atoms with van der Waals surface area (Å²) < 4.78 is 2.10. The maximum absolute atomic E-state index is 12.7. The van der Waals surface area contributed by atoms with Gasteiger partial charge in [-0.2, -0.15) is 11.3 Å². The van der Waals surface area contributed by atoms with E-state index in [1.54, 1.807) is 16.2 Å². The molecule has 0 bridgehead atoms. The first kappa shape index (κ1) is 20.9. The second-order valence-corrected chi connectivity index (χ2v) is 9.39. The zero-order valence-electron chi connectivity index (χ0n) is 17.5. The highest BCUT2D eigenvalue weighted by molar-refractivity contribution is 7.99. The number of rotatable bonds is 7. The van der Waals surface area contributed by atoms with E-state index in [2.05, 4.69) is 62.3 Å². The van der Waals surface area contributed by atoms with Crippen LogP contribution >= 0.6 is 23.1 Å². The van der Waals surface area contributed by atoms with E-state index in [0.29, 0.717) is 12.3 Å². The number of thioether (sulfide) groups is 1. The lowest BCUT2D eigenvalue weighted by Crippen LogP contribution is -2.31. The monoisotopic (exact) mass is 441 g/mol. The van der Waals surface area contributed by atoms with Crippen LogP contribution in [0.4, 0.5) is 5.95 Å². The molecule has 1 saturated heterocycles. The van der Waals surface area contributed by atoms with Crippen molar-refractivity contribution in [2.24, 2.45) is 0 Å². The van der Waals surface area contributed by atoms with Crippen molar-refractivity contribution in [1.82, 2.24) is 19.7 Å². The second-order valence-electron chi connectivity index (χ2n) is 7.67. The highest BCUT2D eigenvalue weighted by atomic mass is 32.2. The lowest BCUT2D eigenvalue weighted by Gasteiger charge is -2.27. The molecule has 1 aliphatic rings. The summed E-state index contributed by atoms with van der Waals surface area (Å²) in [4.78, 5) is 16.8. The van der Waals surface area contributed by atoms with Gasteiger partial charge in [-0.3, -0.25) is 9.36 Å². The van der Waals surface area contributed by atoms with Gasteiger partial charge in [0.15, 0.2) is 5.16 Å². The largest absolute Gasteiger partial charge is 0.341 e. The number of benzene rings is 1. The van der Waals surface area contributed by atoms with Crippen LogP contribution in [0.15, 0.2) is 46.2 Å². The van der Waals surface area contributed by atoms with Crippen LogP contribution in [0.5, 0.6) is 0 Å². The maximum atomic E-state index is 12.7. The third-order valence-corrected chi connectivity index (χ3v) is 6.94. The second kappa shape index (κ2) is 9.66. The highest BCUT2D eigenvalue weighted by Crippen LogP contribution is 2.28. The molecule has 2 aromatic heterocycles. The molecule has 3 aromatic rings. The average molecular weight is 442 g/mol. The summed E-state index contributed by atoms with van der Waals surface area (Å²) in [5.41, 5.74) is 3.41. The number of carbonyl (C=O) groups excluding carboxylic acids is 1. The third kappa shape index (κ3) is 4.87. The molecule has 6 nitrogen and oxygen atoms in total. The van der Waals surface area contributed by atoms with Gasteiger partial charge in [0.05, 0.1) is 11.4 Å². The van der Waals surface area contributed by atoms with E-state index in [1.165, 1.54) is 36.6 Å². The van der Waals surface area contributed by atoms with Crippen LogP contribution in [0, 0.1) is 6.92 Å². The Bertz CT molecular complexity index is 962. The van der Waals surface area contributed by atoms with Gasteiger partial charge in [-0.15, -0.1) is 10.2 Å². The lowest BCUT2D eigenvalue weighted by atomic mass is 10.1. The van der Waals surface area contributed by atoms with Crippen LogP contribution in [0.25, 0.3) is 5.69 Å². The lowest BCUT2D eigenvalue weighted by molar-refractivity contribution is -0.127. The van der Waals surface area contributed by atoms with Gasteiger partial charge in [-0.05, 0) is 60.7 Å². The molecule has 3 heterocycles. The summed E-state index contributed by atoms with van der Waals surface area (Å²) in [6.07, 6.45) is 3.62. The van der Waals surface area contributed by atoms with Gasteiger partial charge in [0, 0.05) is 26.7 Å². The van der Waals surface area contributed by atoms with Gasteiger partial charge in [-0.25, -0.2) is 0 Å². The van der Waals surface area contributed by atoms with Gasteiger partial charge in [0.25, 0.3) is 0 Å². The van der Waals surface area contributed by atoms with Crippen LogP contribution in [-0.4, -0.2) is 51.5 Å². The van der Waals surface area contributed by atoms with E-state index < -0.39 is 0 Å². The standard InChI is InChI=1S/C22H27N5OS2/c1-17-6-8-19(9-7-17)27-21(26-11-4-3-5-12-26)23-24-22(27)30-16-20(28)25(2)14-18-10-13-29-15-18/h6-10,13,15H,3-5,11-12,14,16H2,1-2H3. The summed E-state index contributed by atoms with van der Waals surface area (Å²) in [5.74, 6) is 1.30. The first-order chi connectivity index (χ1) is 14.6. The highest BCUT2D eigenvalue weighted by Gasteiger charge is 2.22. The minimum atomic E-state index is 0.0872. The number of piperidine rings is 1. The van der Waals surface area contributed by atoms with Crippen molar-refractivity contribution >= 4 is 35.0 Å². The van der Waals surface area contributed by atoms with Crippen molar-refractivity contribution in [3.05, 3.63) is 52.2 Å². The molecule has 0 spiro atoms. The summed E-state index contributed by atoms with van der Waals surface area (Å²) in [7, 11) is 1.85. The maximum Gasteiger partial charge on any atom is 0.233 e. The minimum absolute atomic E-state index is 0.0872. The SMILES string of the molecule is Cc1ccc(-n2c(SCC(=O)N(C)Cc3ccsc3)nnc2N2CCCCC2)cc1. The number of hydrogen-bond donors (Lipinski definition) is 0. The van der Waals surface area contributed by atoms with Crippen LogP contribution in [0.1, 0.15) is 30.4 Å². The third-order valence-electron chi connectivity index (χ3n) is 5.30. The van der Waals surface area contributed by atoms with Crippen LogP contribution in [0.2, 0.25) is 0 Å². The molecule has 8 heteroatoms. The molecular weight excluding hydrogens is 414 g/mol. The minimum Gasteiger partial charge on any atom is -0.341 e. The van der Waals surface area contributed by atoms with Gasteiger partial charge in [-0.1, -0.05) is 29.5 Å².